The van der Waals surface area contributed by atoms with Crippen LogP contribution in [0.5, 0.6) is 5.75 Å². The molecule has 1 aromatic carbocycles. The maximum atomic E-state index is 5.73. The number of hydrogen-bond acceptors (Lipinski definition) is 3. The number of aromatic nitrogens is 1. The molecule has 3 nitrogen and oxygen atoms in total. The molecule has 0 bridgehead atoms. The predicted molar refractivity (Wildman–Crippen MR) is 77.2 cm³/mol. The van der Waals surface area contributed by atoms with E-state index in [1.54, 1.807) is 0 Å². The second-order valence-corrected chi connectivity index (χ2v) is 4.64. The van der Waals surface area contributed by atoms with Gasteiger partial charge in [-0.15, -0.1) is 0 Å². The molecular weight excluding hydrogens is 236 g/mol. The lowest BCUT2D eigenvalue weighted by Gasteiger charge is -2.11. The van der Waals surface area contributed by atoms with Gasteiger partial charge in [0.25, 0.3) is 0 Å². The molecule has 1 N–H and O–H groups in total. The summed E-state index contributed by atoms with van der Waals surface area (Å²) >= 11 is 0. The predicted octanol–water partition coefficient (Wildman–Crippen LogP) is 3.25. The van der Waals surface area contributed by atoms with E-state index in [1.165, 1.54) is 5.56 Å². The van der Waals surface area contributed by atoms with Gasteiger partial charge in [0.2, 0.25) is 0 Å². The summed E-state index contributed by atoms with van der Waals surface area (Å²) < 4.78 is 5.73. The van der Waals surface area contributed by atoms with E-state index in [2.05, 4.69) is 29.4 Å². The molecule has 0 fully saturated rings. The largest absolute Gasteiger partial charge is 0.487 e. The van der Waals surface area contributed by atoms with Crippen molar-refractivity contribution in [3.63, 3.8) is 0 Å². The fourth-order valence-electron chi connectivity index (χ4n) is 1.86. The van der Waals surface area contributed by atoms with Crippen LogP contribution < -0.4 is 10.1 Å². The van der Waals surface area contributed by atoms with Crippen molar-refractivity contribution in [3.05, 3.63) is 59.4 Å². The Labute approximate surface area is 114 Å². The van der Waals surface area contributed by atoms with Gasteiger partial charge < -0.3 is 10.1 Å². The standard InChI is InChI=1S/C16H20N2O/c1-12-5-4-6-15(18-12)11-19-16-9-7-14(8-10-16)13(2)17-3/h4-10,13,17H,11H2,1-3H3. The summed E-state index contributed by atoms with van der Waals surface area (Å²) in [5, 5.41) is 3.21. The maximum Gasteiger partial charge on any atom is 0.130 e. The van der Waals surface area contributed by atoms with Crippen molar-refractivity contribution in [3.8, 4) is 5.75 Å². The van der Waals surface area contributed by atoms with Gasteiger partial charge in [-0.3, -0.25) is 4.98 Å². The molecule has 100 valence electrons. The Morgan fingerprint density at radius 3 is 2.53 bits per heavy atom. The van der Waals surface area contributed by atoms with Crippen molar-refractivity contribution in [1.29, 1.82) is 0 Å². The fraction of sp³-hybridized carbons (Fsp3) is 0.312. The zero-order chi connectivity index (χ0) is 13.7. The normalized spacial score (nSPS) is 12.2. The summed E-state index contributed by atoms with van der Waals surface area (Å²) in [4.78, 5) is 4.41. The van der Waals surface area contributed by atoms with Gasteiger partial charge in [-0.05, 0) is 50.7 Å². The number of benzene rings is 1. The molecule has 2 rings (SSSR count). The first kappa shape index (κ1) is 13.6. The quantitative estimate of drug-likeness (QED) is 0.891. The molecule has 1 atom stereocenters. The minimum absolute atomic E-state index is 0.354. The van der Waals surface area contributed by atoms with E-state index in [-0.39, 0.29) is 0 Å². The molecule has 1 heterocycles. The third-order valence-electron chi connectivity index (χ3n) is 3.15. The van der Waals surface area contributed by atoms with Crippen LogP contribution in [-0.2, 0) is 6.61 Å². The van der Waals surface area contributed by atoms with Crippen molar-refractivity contribution in [2.45, 2.75) is 26.5 Å². The van der Waals surface area contributed by atoms with E-state index >= 15 is 0 Å². The average molecular weight is 256 g/mol. The van der Waals surface area contributed by atoms with E-state index in [0.717, 1.165) is 17.1 Å². The van der Waals surface area contributed by atoms with Crippen molar-refractivity contribution in [2.75, 3.05) is 7.05 Å². The van der Waals surface area contributed by atoms with Crippen molar-refractivity contribution in [1.82, 2.24) is 10.3 Å². The summed E-state index contributed by atoms with van der Waals surface area (Å²) in [5.41, 5.74) is 3.22. The maximum absolute atomic E-state index is 5.73. The molecule has 0 aliphatic rings. The smallest absolute Gasteiger partial charge is 0.130 e. The Kier molecular flexibility index (Phi) is 4.53. The lowest BCUT2D eigenvalue weighted by Crippen LogP contribution is -2.11. The lowest BCUT2D eigenvalue weighted by molar-refractivity contribution is 0.301. The third kappa shape index (κ3) is 3.80. The molecule has 0 amide bonds. The van der Waals surface area contributed by atoms with Gasteiger partial charge in [-0.2, -0.15) is 0 Å². The Hall–Kier alpha value is -1.87. The number of pyridine rings is 1. The summed E-state index contributed by atoms with van der Waals surface area (Å²) in [6.07, 6.45) is 0. The first-order chi connectivity index (χ1) is 9.19. The molecular formula is C16H20N2O. The van der Waals surface area contributed by atoms with Crippen LogP contribution in [0.1, 0.15) is 29.9 Å². The zero-order valence-corrected chi connectivity index (χ0v) is 11.7. The molecule has 0 saturated heterocycles. The van der Waals surface area contributed by atoms with Gasteiger partial charge in [0, 0.05) is 11.7 Å². The van der Waals surface area contributed by atoms with E-state index in [9.17, 15) is 0 Å². The summed E-state index contributed by atoms with van der Waals surface area (Å²) in [6.45, 7) is 4.62. The number of ether oxygens (including phenoxy) is 1. The van der Waals surface area contributed by atoms with E-state index in [0.29, 0.717) is 12.6 Å². The number of nitrogens with zero attached hydrogens (tertiary/aromatic N) is 1. The fourth-order valence-corrected chi connectivity index (χ4v) is 1.86. The van der Waals surface area contributed by atoms with Gasteiger partial charge in [0.15, 0.2) is 0 Å². The van der Waals surface area contributed by atoms with Crippen LogP contribution in [0.25, 0.3) is 0 Å². The molecule has 3 heteroatoms. The molecule has 0 radical (unpaired) electrons. The number of rotatable bonds is 5. The number of aryl methyl sites for hydroxylation is 1. The highest BCUT2D eigenvalue weighted by Crippen LogP contribution is 2.18. The van der Waals surface area contributed by atoms with Crippen molar-refractivity contribution >= 4 is 0 Å². The van der Waals surface area contributed by atoms with E-state index in [4.69, 9.17) is 4.74 Å². The minimum atomic E-state index is 0.354. The highest BCUT2D eigenvalue weighted by Gasteiger charge is 2.02. The SMILES string of the molecule is CNC(C)c1ccc(OCc2cccc(C)n2)cc1. The van der Waals surface area contributed by atoms with Crippen LogP contribution in [0.2, 0.25) is 0 Å². The number of hydrogen-bond donors (Lipinski definition) is 1. The summed E-state index contributed by atoms with van der Waals surface area (Å²) in [6, 6.07) is 14.5. The molecule has 1 unspecified atom stereocenters. The van der Waals surface area contributed by atoms with Crippen LogP contribution in [0.3, 0.4) is 0 Å². The Bertz CT molecular complexity index is 523. The number of nitrogens with one attached hydrogen (secondary N) is 1. The highest BCUT2D eigenvalue weighted by molar-refractivity contribution is 5.29. The highest BCUT2D eigenvalue weighted by atomic mass is 16.5. The molecule has 0 spiro atoms. The molecule has 1 aromatic heterocycles. The van der Waals surface area contributed by atoms with Crippen LogP contribution in [0, 0.1) is 6.92 Å². The van der Waals surface area contributed by atoms with Crippen molar-refractivity contribution < 1.29 is 4.74 Å². The van der Waals surface area contributed by atoms with Gasteiger partial charge in [0.1, 0.15) is 12.4 Å². The topological polar surface area (TPSA) is 34.1 Å². The summed E-state index contributed by atoms with van der Waals surface area (Å²) in [5.74, 6) is 0.871. The molecule has 0 saturated carbocycles. The first-order valence-corrected chi connectivity index (χ1v) is 6.51. The van der Waals surface area contributed by atoms with E-state index < -0.39 is 0 Å². The van der Waals surface area contributed by atoms with Gasteiger partial charge in [0.05, 0.1) is 5.69 Å². The lowest BCUT2D eigenvalue weighted by atomic mass is 10.1. The van der Waals surface area contributed by atoms with Gasteiger partial charge in [-0.1, -0.05) is 18.2 Å². The van der Waals surface area contributed by atoms with E-state index in [1.807, 2.05) is 44.3 Å². The zero-order valence-electron chi connectivity index (χ0n) is 11.7. The van der Waals surface area contributed by atoms with Crippen LogP contribution in [-0.4, -0.2) is 12.0 Å². The Balaban J connectivity index is 1.96. The molecule has 0 aliphatic heterocycles. The average Bonchev–Trinajstić information content (AvgIpc) is 2.45. The Morgan fingerprint density at radius 2 is 1.89 bits per heavy atom. The first-order valence-electron chi connectivity index (χ1n) is 6.51. The second kappa shape index (κ2) is 6.34. The van der Waals surface area contributed by atoms with Crippen LogP contribution in [0.15, 0.2) is 42.5 Å². The minimum Gasteiger partial charge on any atom is -0.487 e. The summed E-state index contributed by atoms with van der Waals surface area (Å²) in [7, 11) is 1.96. The Morgan fingerprint density at radius 1 is 1.16 bits per heavy atom. The van der Waals surface area contributed by atoms with Gasteiger partial charge in [-0.25, -0.2) is 0 Å². The molecule has 2 aromatic rings. The van der Waals surface area contributed by atoms with Crippen LogP contribution >= 0.6 is 0 Å². The van der Waals surface area contributed by atoms with Crippen molar-refractivity contribution in [2.24, 2.45) is 0 Å². The van der Waals surface area contributed by atoms with Gasteiger partial charge >= 0.3 is 0 Å². The third-order valence-corrected chi connectivity index (χ3v) is 3.15. The van der Waals surface area contributed by atoms with Crippen LogP contribution in [0.4, 0.5) is 0 Å². The molecule has 0 aliphatic carbocycles. The second-order valence-electron chi connectivity index (χ2n) is 4.64. The monoisotopic (exact) mass is 256 g/mol. The molecule has 19 heavy (non-hydrogen) atoms.